The van der Waals surface area contributed by atoms with Gasteiger partial charge in [-0.2, -0.15) is 0 Å². The Morgan fingerprint density at radius 2 is 1.89 bits per heavy atom. The number of nitrogens with zero attached hydrogens (tertiary/aromatic N) is 5. The average Bonchev–Trinajstić information content (AvgIpc) is 3.13. The molecule has 4 rings (SSSR count). The highest BCUT2D eigenvalue weighted by Gasteiger charge is 2.32. The first-order chi connectivity index (χ1) is 13.1. The van der Waals surface area contributed by atoms with Gasteiger partial charge < -0.3 is 10.0 Å². The van der Waals surface area contributed by atoms with E-state index in [9.17, 15) is 9.90 Å². The molecule has 1 fully saturated rings. The van der Waals surface area contributed by atoms with Gasteiger partial charge in [-0.3, -0.25) is 9.36 Å². The Hall–Kier alpha value is -2.80. The summed E-state index contributed by atoms with van der Waals surface area (Å²) in [6, 6.07) is 9.21. The minimum atomic E-state index is -0.113. The van der Waals surface area contributed by atoms with Crippen molar-refractivity contribution in [3.63, 3.8) is 0 Å². The van der Waals surface area contributed by atoms with Gasteiger partial charge in [-0.25, -0.2) is 15.0 Å². The fourth-order valence-electron chi connectivity index (χ4n) is 3.87. The summed E-state index contributed by atoms with van der Waals surface area (Å²) in [6.45, 7) is 4.84. The summed E-state index contributed by atoms with van der Waals surface area (Å²) in [5, 5.41) is 10.1. The number of fused-ring (bicyclic) bond motifs is 1. The zero-order chi connectivity index (χ0) is 19.0. The zero-order valence-electron chi connectivity index (χ0n) is 15.6. The predicted octanol–water partition coefficient (Wildman–Crippen LogP) is 2.14. The number of aliphatic hydroxyl groups excluding tert-OH is 1. The van der Waals surface area contributed by atoms with E-state index >= 15 is 0 Å². The second-order valence-corrected chi connectivity index (χ2v) is 6.97. The molecule has 7 heteroatoms. The molecular formula is C20H23N5O2. The summed E-state index contributed by atoms with van der Waals surface area (Å²) < 4.78 is 1.61. The van der Waals surface area contributed by atoms with Gasteiger partial charge in [0.1, 0.15) is 5.82 Å². The monoisotopic (exact) mass is 365 g/mol. The quantitative estimate of drug-likeness (QED) is 0.763. The van der Waals surface area contributed by atoms with E-state index in [1.54, 1.807) is 10.6 Å². The summed E-state index contributed by atoms with van der Waals surface area (Å²) in [5.74, 6) is 1.35. The van der Waals surface area contributed by atoms with Gasteiger partial charge in [0.05, 0.1) is 30.1 Å². The number of aliphatic hydroxyl groups is 1. The fraction of sp³-hybridized carbons (Fsp3) is 0.400. The lowest BCUT2D eigenvalue weighted by molar-refractivity contribution is 0.270. The molecule has 0 saturated carbocycles. The Labute approximate surface area is 157 Å². The van der Waals surface area contributed by atoms with Crippen molar-refractivity contribution in [2.75, 3.05) is 18.1 Å². The van der Waals surface area contributed by atoms with Gasteiger partial charge in [-0.15, -0.1) is 0 Å². The Balaban J connectivity index is 1.87. The van der Waals surface area contributed by atoms with Crippen molar-refractivity contribution in [3.8, 4) is 0 Å². The van der Waals surface area contributed by atoms with E-state index in [1.807, 2.05) is 38.1 Å². The van der Waals surface area contributed by atoms with Gasteiger partial charge in [0, 0.05) is 17.9 Å². The van der Waals surface area contributed by atoms with Crippen molar-refractivity contribution in [3.05, 3.63) is 57.9 Å². The molecule has 27 heavy (non-hydrogen) atoms. The van der Waals surface area contributed by atoms with Gasteiger partial charge >= 0.3 is 0 Å². The largest absolute Gasteiger partial charge is 0.395 e. The van der Waals surface area contributed by atoms with E-state index in [0.29, 0.717) is 22.7 Å². The highest BCUT2D eigenvalue weighted by molar-refractivity contribution is 5.77. The third-order valence-electron chi connectivity index (χ3n) is 4.99. The van der Waals surface area contributed by atoms with E-state index in [1.165, 1.54) is 0 Å². The topological polar surface area (TPSA) is 84.1 Å². The first-order valence-electron chi connectivity index (χ1n) is 9.28. The van der Waals surface area contributed by atoms with Crippen LogP contribution in [0.25, 0.3) is 10.9 Å². The van der Waals surface area contributed by atoms with Crippen molar-refractivity contribution < 1.29 is 5.11 Å². The van der Waals surface area contributed by atoms with Crippen LogP contribution in [-0.2, 0) is 6.54 Å². The Morgan fingerprint density at radius 3 is 2.63 bits per heavy atom. The lowest BCUT2D eigenvalue weighted by Crippen LogP contribution is -2.33. The molecule has 1 aromatic carbocycles. The molecule has 3 heterocycles. The third-order valence-corrected chi connectivity index (χ3v) is 4.99. The molecule has 140 valence electrons. The molecule has 1 saturated heterocycles. The number of hydrogen-bond donors (Lipinski definition) is 1. The lowest BCUT2D eigenvalue weighted by Gasteiger charge is -2.27. The van der Waals surface area contributed by atoms with Gasteiger partial charge in [-0.1, -0.05) is 12.1 Å². The number of para-hydroxylation sites is 1. The normalized spacial score (nSPS) is 17.0. The number of rotatable bonds is 4. The molecule has 0 spiro atoms. The predicted molar refractivity (Wildman–Crippen MR) is 104 cm³/mol. The van der Waals surface area contributed by atoms with Crippen molar-refractivity contribution in [1.29, 1.82) is 0 Å². The van der Waals surface area contributed by atoms with Crippen LogP contribution in [0.4, 0.5) is 5.95 Å². The fourth-order valence-corrected chi connectivity index (χ4v) is 3.87. The SMILES string of the molecule is Cc1cc(C)nc(N2CCCC2c2nc3ccccc3c(=O)n2CCO)n1. The van der Waals surface area contributed by atoms with Crippen LogP contribution in [-0.4, -0.2) is 37.8 Å². The highest BCUT2D eigenvalue weighted by Crippen LogP contribution is 2.34. The molecule has 0 bridgehead atoms. The number of hydrogen-bond acceptors (Lipinski definition) is 6. The van der Waals surface area contributed by atoms with Crippen molar-refractivity contribution in [2.24, 2.45) is 0 Å². The van der Waals surface area contributed by atoms with Gasteiger partial charge in [-0.05, 0) is 44.9 Å². The molecule has 7 nitrogen and oxygen atoms in total. The number of aromatic nitrogens is 4. The summed E-state index contributed by atoms with van der Waals surface area (Å²) >= 11 is 0. The second-order valence-electron chi connectivity index (χ2n) is 6.97. The molecule has 1 aliphatic rings. The van der Waals surface area contributed by atoms with Crippen molar-refractivity contribution in [2.45, 2.75) is 39.3 Å². The number of benzene rings is 1. The van der Waals surface area contributed by atoms with Crippen LogP contribution >= 0.6 is 0 Å². The Morgan fingerprint density at radius 1 is 1.15 bits per heavy atom. The van der Waals surface area contributed by atoms with Gasteiger partial charge in [0.2, 0.25) is 5.95 Å². The van der Waals surface area contributed by atoms with Crippen molar-refractivity contribution in [1.82, 2.24) is 19.5 Å². The molecular weight excluding hydrogens is 342 g/mol. The maximum absolute atomic E-state index is 13.0. The minimum Gasteiger partial charge on any atom is -0.395 e. The zero-order valence-corrected chi connectivity index (χ0v) is 15.6. The first kappa shape index (κ1) is 17.6. The van der Waals surface area contributed by atoms with Crippen LogP contribution in [0.1, 0.15) is 36.1 Å². The van der Waals surface area contributed by atoms with Crippen molar-refractivity contribution >= 4 is 16.9 Å². The standard InChI is InChI=1S/C20H23N5O2/c1-13-12-14(2)22-20(21-13)24-9-5-8-17(24)18-23-16-7-4-3-6-15(16)19(27)25(18)10-11-26/h3-4,6-7,12,17,26H,5,8-11H2,1-2H3. The van der Waals surface area contributed by atoms with Gasteiger partial charge in [0.15, 0.2) is 0 Å². The molecule has 1 atom stereocenters. The smallest absolute Gasteiger partial charge is 0.261 e. The molecule has 0 aliphatic carbocycles. The van der Waals surface area contributed by atoms with Crippen LogP contribution < -0.4 is 10.5 Å². The van der Waals surface area contributed by atoms with Crippen LogP contribution in [0.15, 0.2) is 35.1 Å². The summed E-state index contributed by atoms with van der Waals surface area (Å²) in [6.07, 6.45) is 1.84. The van der Waals surface area contributed by atoms with E-state index in [2.05, 4.69) is 14.9 Å². The lowest BCUT2D eigenvalue weighted by atomic mass is 10.1. The molecule has 1 aliphatic heterocycles. The van der Waals surface area contributed by atoms with E-state index in [0.717, 1.165) is 30.8 Å². The third kappa shape index (κ3) is 3.19. The molecule has 1 unspecified atom stereocenters. The number of aryl methyl sites for hydroxylation is 2. The maximum Gasteiger partial charge on any atom is 0.261 e. The van der Waals surface area contributed by atoms with Crippen LogP contribution in [0.2, 0.25) is 0 Å². The average molecular weight is 365 g/mol. The molecule has 2 aromatic heterocycles. The Kier molecular flexibility index (Phi) is 4.61. The van der Waals surface area contributed by atoms with E-state index < -0.39 is 0 Å². The minimum absolute atomic E-state index is 0.0879. The van der Waals surface area contributed by atoms with E-state index in [4.69, 9.17) is 4.98 Å². The van der Waals surface area contributed by atoms with E-state index in [-0.39, 0.29) is 24.8 Å². The van der Waals surface area contributed by atoms with Crippen LogP contribution in [0.5, 0.6) is 0 Å². The van der Waals surface area contributed by atoms with Crippen LogP contribution in [0, 0.1) is 13.8 Å². The van der Waals surface area contributed by atoms with Crippen LogP contribution in [0.3, 0.4) is 0 Å². The summed E-state index contributed by atoms with van der Waals surface area (Å²) in [5.41, 5.74) is 2.41. The highest BCUT2D eigenvalue weighted by atomic mass is 16.3. The molecule has 0 amide bonds. The van der Waals surface area contributed by atoms with Gasteiger partial charge in [0.25, 0.3) is 5.56 Å². The Bertz CT molecular complexity index is 1030. The second kappa shape index (κ2) is 7.08. The number of anilines is 1. The molecule has 1 N–H and O–H groups in total. The summed E-state index contributed by atoms with van der Waals surface area (Å²) in [7, 11) is 0. The first-order valence-corrected chi connectivity index (χ1v) is 9.28. The summed E-state index contributed by atoms with van der Waals surface area (Å²) in [4.78, 5) is 29.2. The maximum atomic E-state index is 13.0. The molecule has 3 aromatic rings. The molecule has 0 radical (unpaired) electrons.